The Morgan fingerprint density at radius 1 is 1.47 bits per heavy atom. The highest BCUT2D eigenvalue weighted by molar-refractivity contribution is 6.35. The van der Waals surface area contributed by atoms with Gasteiger partial charge in [-0.2, -0.15) is 0 Å². The summed E-state index contributed by atoms with van der Waals surface area (Å²) < 4.78 is 5.61. The van der Waals surface area contributed by atoms with Gasteiger partial charge in [-0.15, -0.1) is 0 Å². The smallest absolute Gasteiger partial charge is 0.135 e. The lowest BCUT2D eigenvalue weighted by atomic mass is 10.2. The fourth-order valence-electron chi connectivity index (χ4n) is 2.36. The van der Waals surface area contributed by atoms with Crippen molar-refractivity contribution in [2.24, 2.45) is 0 Å². The second-order valence-electron chi connectivity index (χ2n) is 4.96. The maximum Gasteiger partial charge on any atom is 0.135 e. The van der Waals surface area contributed by atoms with Gasteiger partial charge in [0.1, 0.15) is 5.15 Å². The third-order valence-corrected chi connectivity index (χ3v) is 3.78. The Kier molecular flexibility index (Phi) is 5.03. The van der Waals surface area contributed by atoms with Crippen LogP contribution >= 0.6 is 23.2 Å². The molecular formula is C13H18Cl2N2O2. The number of nitrogens with zero attached hydrogens (tertiary/aromatic N) is 2. The SMILES string of the molecule is Cc1cc(Cl)c(CN2CC(C)OC(CO)C2)c(Cl)n1. The van der Waals surface area contributed by atoms with Crippen molar-refractivity contribution in [3.63, 3.8) is 0 Å². The van der Waals surface area contributed by atoms with Crippen LogP contribution in [0.2, 0.25) is 10.2 Å². The van der Waals surface area contributed by atoms with Gasteiger partial charge in [-0.3, -0.25) is 4.90 Å². The molecule has 1 saturated heterocycles. The zero-order chi connectivity index (χ0) is 14.0. The van der Waals surface area contributed by atoms with E-state index in [2.05, 4.69) is 9.88 Å². The molecule has 4 nitrogen and oxygen atoms in total. The van der Waals surface area contributed by atoms with Gasteiger partial charge in [0.25, 0.3) is 0 Å². The monoisotopic (exact) mass is 304 g/mol. The van der Waals surface area contributed by atoms with Gasteiger partial charge >= 0.3 is 0 Å². The van der Waals surface area contributed by atoms with Gasteiger partial charge in [-0.25, -0.2) is 4.98 Å². The molecule has 106 valence electrons. The first-order valence-electron chi connectivity index (χ1n) is 6.29. The predicted molar refractivity (Wildman–Crippen MR) is 75.7 cm³/mol. The maximum atomic E-state index is 9.22. The Hall–Kier alpha value is -0.390. The van der Waals surface area contributed by atoms with Crippen LogP contribution in [0.4, 0.5) is 0 Å². The summed E-state index contributed by atoms with van der Waals surface area (Å²) in [5, 5.41) is 10.3. The van der Waals surface area contributed by atoms with Crippen LogP contribution in [0.25, 0.3) is 0 Å². The van der Waals surface area contributed by atoms with E-state index in [1.165, 1.54) is 0 Å². The average molecular weight is 305 g/mol. The first kappa shape index (κ1) is 15.0. The average Bonchev–Trinajstić information content (AvgIpc) is 2.33. The first-order valence-corrected chi connectivity index (χ1v) is 7.05. The summed E-state index contributed by atoms with van der Waals surface area (Å²) in [6.45, 7) is 5.95. The topological polar surface area (TPSA) is 45.6 Å². The molecule has 0 spiro atoms. The van der Waals surface area contributed by atoms with Crippen molar-refractivity contribution in [2.45, 2.75) is 32.6 Å². The second-order valence-corrected chi connectivity index (χ2v) is 5.73. The van der Waals surface area contributed by atoms with E-state index in [-0.39, 0.29) is 18.8 Å². The molecule has 0 radical (unpaired) electrons. The van der Waals surface area contributed by atoms with E-state index < -0.39 is 0 Å². The molecule has 2 rings (SSSR count). The summed E-state index contributed by atoms with van der Waals surface area (Å²) in [5.41, 5.74) is 1.64. The van der Waals surface area contributed by atoms with Gasteiger partial charge in [0, 0.05) is 35.9 Å². The minimum Gasteiger partial charge on any atom is -0.394 e. The van der Waals surface area contributed by atoms with Gasteiger partial charge in [0.05, 0.1) is 18.8 Å². The number of aryl methyl sites for hydroxylation is 1. The lowest BCUT2D eigenvalue weighted by Crippen LogP contribution is -2.47. The molecule has 1 aromatic heterocycles. The second kappa shape index (κ2) is 6.37. The molecule has 0 saturated carbocycles. The highest BCUT2D eigenvalue weighted by atomic mass is 35.5. The van der Waals surface area contributed by atoms with Crippen molar-refractivity contribution in [2.75, 3.05) is 19.7 Å². The zero-order valence-electron chi connectivity index (χ0n) is 11.1. The molecule has 1 aliphatic rings. The van der Waals surface area contributed by atoms with Crippen LogP contribution in [-0.2, 0) is 11.3 Å². The number of aliphatic hydroxyl groups excluding tert-OH is 1. The van der Waals surface area contributed by atoms with E-state index in [0.717, 1.165) is 17.8 Å². The molecule has 1 N–H and O–H groups in total. The molecule has 6 heteroatoms. The number of aliphatic hydroxyl groups is 1. The fourth-order valence-corrected chi connectivity index (χ4v) is 3.01. The number of aromatic nitrogens is 1. The normalized spacial score (nSPS) is 24.7. The Balaban J connectivity index is 2.12. The van der Waals surface area contributed by atoms with E-state index >= 15 is 0 Å². The van der Waals surface area contributed by atoms with Gasteiger partial charge < -0.3 is 9.84 Å². The van der Waals surface area contributed by atoms with Gasteiger partial charge in [-0.05, 0) is 19.9 Å². The van der Waals surface area contributed by atoms with Crippen LogP contribution in [0.15, 0.2) is 6.07 Å². The number of rotatable bonds is 3. The van der Waals surface area contributed by atoms with Crippen LogP contribution in [0.5, 0.6) is 0 Å². The summed E-state index contributed by atoms with van der Waals surface area (Å²) in [5.74, 6) is 0. The molecule has 0 amide bonds. The Labute approximate surface area is 123 Å². The van der Waals surface area contributed by atoms with Crippen molar-refractivity contribution in [3.8, 4) is 0 Å². The highest BCUT2D eigenvalue weighted by Gasteiger charge is 2.25. The molecule has 1 fully saturated rings. The number of hydrogen-bond acceptors (Lipinski definition) is 4. The summed E-state index contributed by atoms with van der Waals surface area (Å²) in [7, 11) is 0. The largest absolute Gasteiger partial charge is 0.394 e. The maximum absolute atomic E-state index is 9.22. The number of morpholine rings is 1. The van der Waals surface area contributed by atoms with Crippen LogP contribution < -0.4 is 0 Å². The van der Waals surface area contributed by atoms with E-state index in [9.17, 15) is 5.11 Å². The molecule has 2 atom stereocenters. The van der Waals surface area contributed by atoms with E-state index in [1.54, 1.807) is 0 Å². The Morgan fingerprint density at radius 2 is 2.21 bits per heavy atom. The quantitative estimate of drug-likeness (QED) is 0.870. The lowest BCUT2D eigenvalue weighted by molar-refractivity contribution is -0.0972. The van der Waals surface area contributed by atoms with Crippen molar-refractivity contribution >= 4 is 23.2 Å². The van der Waals surface area contributed by atoms with Crippen molar-refractivity contribution in [1.29, 1.82) is 0 Å². The van der Waals surface area contributed by atoms with Gasteiger partial charge in [-0.1, -0.05) is 23.2 Å². The predicted octanol–water partition coefficient (Wildman–Crippen LogP) is 2.28. The molecule has 2 heterocycles. The Morgan fingerprint density at radius 3 is 2.84 bits per heavy atom. The summed E-state index contributed by atoms with van der Waals surface area (Å²) in [6, 6.07) is 1.82. The third kappa shape index (κ3) is 3.80. The van der Waals surface area contributed by atoms with E-state index in [0.29, 0.717) is 23.3 Å². The zero-order valence-corrected chi connectivity index (χ0v) is 12.6. The molecule has 19 heavy (non-hydrogen) atoms. The molecule has 2 unspecified atom stereocenters. The molecule has 1 aromatic rings. The van der Waals surface area contributed by atoms with Gasteiger partial charge in [0.15, 0.2) is 0 Å². The van der Waals surface area contributed by atoms with Crippen molar-refractivity contribution < 1.29 is 9.84 Å². The third-order valence-electron chi connectivity index (χ3n) is 3.13. The number of hydrogen-bond donors (Lipinski definition) is 1. The fraction of sp³-hybridized carbons (Fsp3) is 0.615. The molecule has 0 aliphatic carbocycles. The van der Waals surface area contributed by atoms with E-state index in [1.807, 2.05) is 19.9 Å². The number of pyridine rings is 1. The van der Waals surface area contributed by atoms with Crippen LogP contribution in [0.1, 0.15) is 18.2 Å². The first-order chi connectivity index (χ1) is 8.99. The summed E-state index contributed by atoms with van der Waals surface area (Å²) >= 11 is 12.4. The van der Waals surface area contributed by atoms with Crippen LogP contribution in [-0.4, -0.2) is 46.9 Å². The van der Waals surface area contributed by atoms with Crippen LogP contribution in [0, 0.1) is 6.92 Å². The van der Waals surface area contributed by atoms with Crippen LogP contribution in [0.3, 0.4) is 0 Å². The highest BCUT2D eigenvalue weighted by Crippen LogP contribution is 2.26. The Bertz CT molecular complexity index is 433. The van der Waals surface area contributed by atoms with E-state index in [4.69, 9.17) is 27.9 Å². The molecular weight excluding hydrogens is 287 g/mol. The lowest BCUT2D eigenvalue weighted by Gasteiger charge is -2.36. The number of halogens is 2. The molecule has 0 aromatic carbocycles. The standard InChI is InChI=1S/C13H18Cl2N2O2/c1-8-3-12(14)11(13(15)16-8)6-17-4-9(2)19-10(5-17)7-18/h3,9-10,18H,4-7H2,1-2H3. The van der Waals surface area contributed by atoms with Gasteiger partial charge in [0.2, 0.25) is 0 Å². The summed E-state index contributed by atoms with van der Waals surface area (Å²) in [4.78, 5) is 6.41. The summed E-state index contributed by atoms with van der Waals surface area (Å²) in [6.07, 6.45) is -0.0680. The van der Waals surface area contributed by atoms with Crippen molar-refractivity contribution in [1.82, 2.24) is 9.88 Å². The minimum absolute atomic E-state index is 0.0223. The molecule has 1 aliphatic heterocycles. The van der Waals surface area contributed by atoms with Crippen molar-refractivity contribution in [3.05, 3.63) is 27.5 Å². The number of ether oxygens (including phenoxy) is 1. The molecule has 0 bridgehead atoms. The minimum atomic E-state index is -0.153.